The van der Waals surface area contributed by atoms with Crippen LogP contribution in [0.15, 0.2) is 61.2 Å². The van der Waals surface area contributed by atoms with Gasteiger partial charge < -0.3 is 10.4 Å². The van der Waals surface area contributed by atoms with Crippen molar-refractivity contribution in [3.63, 3.8) is 0 Å². The molecule has 0 spiro atoms. The van der Waals surface area contributed by atoms with Crippen molar-refractivity contribution >= 4 is 27.7 Å². The third kappa shape index (κ3) is 4.33. The Hall–Kier alpha value is -4.11. The smallest absolute Gasteiger partial charge is 0.251 e. The number of amides is 1. The number of aliphatic hydroxyl groups is 1. The van der Waals surface area contributed by atoms with Crippen molar-refractivity contribution in [1.29, 1.82) is 0 Å². The van der Waals surface area contributed by atoms with Gasteiger partial charge in [-0.15, -0.1) is 0 Å². The molecule has 182 valence electrons. The van der Waals surface area contributed by atoms with Crippen LogP contribution in [0, 0.1) is 6.92 Å². The van der Waals surface area contributed by atoms with E-state index in [2.05, 4.69) is 30.6 Å². The highest BCUT2D eigenvalue weighted by Crippen LogP contribution is 2.31. The fraction of sp³-hybridized carbons (Fsp3) is 0.296. The first kappa shape index (κ1) is 22.4. The predicted molar refractivity (Wildman–Crippen MR) is 136 cm³/mol. The van der Waals surface area contributed by atoms with Gasteiger partial charge in [0.25, 0.3) is 5.91 Å². The van der Waals surface area contributed by atoms with E-state index in [9.17, 15) is 9.90 Å². The number of nitrogens with one attached hydrogen (secondary N) is 2. The number of carbonyl (C=O) groups excluding carboxylic acids is 1. The summed E-state index contributed by atoms with van der Waals surface area (Å²) in [4.78, 5) is 21.6. The lowest BCUT2D eigenvalue weighted by molar-refractivity contribution is -0.0235. The summed E-state index contributed by atoms with van der Waals surface area (Å²) < 4.78 is 1.78. The van der Waals surface area contributed by atoms with Gasteiger partial charge in [-0.05, 0) is 69.0 Å². The van der Waals surface area contributed by atoms with Crippen molar-refractivity contribution in [3.8, 4) is 11.3 Å². The molecule has 4 aromatic heterocycles. The van der Waals surface area contributed by atoms with Gasteiger partial charge in [0.15, 0.2) is 0 Å². The van der Waals surface area contributed by atoms with Crippen LogP contribution in [0.5, 0.6) is 0 Å². The molecule has 1 fully saturated rings. The van der Waals surface area contributed by atoms with Gasteiger partial charge in [0.05, 0.1) is 23.9 Å². The zero-order chi connectivity index (χ0) is 24.7. The van der Waals surface area contributed by atoms with E-state index in [4.69, 9.17) is 0 Å². The van der Waals surface area contributed by atoms with Crippen molar-refractivity contribution in [2.24, 2.45) is 0 Å². The Kier molecular flexibility index (Phi) is 5.49. The lowest BCUT2D eigenvalue weighted by atomic mass is 9.81. The SMILES string of the molecule is Cc1cc(-c2n[nH]c3ccc(C(=O)N[C@@H]4CCC[C@@](O)(Cn5cc6ccncc6n5)C4)cc23)ccn1. The van der Waals surface area contributed by atoms with E-state index in [1.807, 2.05) is 43.5 Å². The summed E-state index contributed by atoms with van der Waals surface area (Å²) in [6, 6.07) is 11.2. The molecule has 9 heteroatoms. The first-order chi connectivity index (χ1) is 17.5. The number of hydrogen-bond acceptors (Lipinski definition) is 6. The molecule has 1 amide bonds. The van der Waals surface area contributed by atoms with Gasteiger partial charge in [-0.3, -0.25) is 24.5 Å². The molecule has 9 nitrogen and oxygen atoms in total. The van der Waals surface area contributed by atoms with Gasteiger partial charge in [-0.2, -0.15) is 10.2 Å². The van der Waals surface area contributed by atoms with Gasteiger partial charge in [-0.1, -0.05) is 0 Å². The molecule has 0 bridgehead atoms. The zero-order valence-electron chi connectivity index (χ0n) is 20.0. The molecule has 6 rings (SSSR count). The normalized spacial score (nSPS) is 20.1. The molecule has 36 heavy (non-hydrogen) atoms. The fourth-order valence-electron chi connectivity index (χ4n) is 5.24. The van der Waals surface area contributed by atoms with Crippen LogP contribution in [-0.4, -0.2) is 52.6 Å². The number of H-pyrrole nitrogens is 1. The topological polar surface area (TPSA) is 122 Å². The molecule has 1 saturated carbocycles. The highest BCUT2D eigenvalue weighted by molar-refractivity contribution is 6.01. The third-order valence-corrected chi connectivity index (χ3v) is 6.96. The number of nitrogens with zero attached hydrogens (tertiary/aromatic N) is 5. The number of carbonyl (C=O) groups is 1. The lowest BCUT2D eigenvalue weighted by Crippen LogP contribution is -2.47. The first-order valence-electron chi connectivity index (χ1n) is 12.2. The van der Waals surface area contributed by atoms with Gasteiger partial charge in [0, 0.05) is 52.2 Å². The summed E-state index contributed by atoms with van der Waals surface area (Å²) in [5, 5.41) is 28.4. The highest BCUT2D eigenvalue weighted by Gasteiger charge is 2.36. The van der Waals surface area contributed by atoms with E-state index in [1.54, 1.807) is 29.3 Å². The predicted octanol–water partition coefficient (Wildman–Crippen LogP) is 3.78. The fourth-order valence-corrected chi connectivity index (χ4v) is 5.24. The van der Waals surface area contributed by atoms with Crippen molar-refractivity contribution in [3.05, 3.63) is 72.4 Å². The van der Waals surface area contributed by atoms with Crippen LogP contribution in [-0.2, 0) is 6.54 Å². The maximum Gasteiger partial charge on any atom is 0.251 e. The molecular weight excluding hydrogens is 454 g/mol. The quantitative estimate of drug-likeness (QED) is 0.351. The van der Waals surface area contributed by atoms with Crippen molar-refractivity contribution < 1.29 is 9.90 Å². The number of aromatic amines is 1. The van der Waals surface area contributed by atoms with Crippen LogP contribution in [0.3, 0.4) is 0 Å². The number of aromatic nitrogens is 6. The molecule has 2 atom stereocenters. The Bertz CT molecular complexity index is 1540. The number of fused-ring (bicyclic) bond motifs is 2. The minimum atomic E-state index is -0.938. The minimum Gasteiger partial charge on any atom is -0.388 e. The Morgan fingerprint density at radius 3 is 3.03 bits per heavy atom. The average Bonchev–Trinajstić information content (AvgIpc) is 3.46. The second-order valence-electron chi connectivity index (χ2n) is 9.77. The maximum atomic E-state index is 13.2. The standard InChI is InChI=1S/C27H27N7O2/c1-17-11-18(7-10-29-17)25-22-12-19(4-5-23(22)31-32-25)26(35)30-21-3-2-8-27(36,13-21)16-34-15-20-6-9-28-14-24(20)33-34/h4-7,9-12,14-15,21,36H,2-3,8,13,16H2,1H3,(H,30,35)(H,31,32)/t21-,27+/m1/s1. The summed E-state index contributed by atoms with van der Waals surface area (Å²) in [7, 11) is 0. The molecular formula is C27H27N7O2. The molecule has 1 aliphatic rings. The van der Waals surface area contributed by atoms with E-state index in [0.29, 0.717) is 24.9 Å². The second-order valence-corrected chi connectivity index (χ2v) is 9.77. The highest BCUT2D eigenvalue weighted by atomic mass is 16.3. The number of rotatable bonds is 5. The number of pyridine rings is 2. The van der Waals surface area contributed by atoms with Crippen LogP contribution in [0.25, 0.3) is 33.1 Å². The molecule has 0 unspecified atom stereocenters. The Morgan fingerprint density at radius 1 is 1.25 bits per heavy atom. The molecule has 0 aliphatic heterocycles. The Labute approximate surface area is 207 Å². The van der Waals surface area contributed by atoms with E-state index in [0.717, 1.165) is 51.6 Å². The molecule has 1 aliphatic carbocycles. The Morgan fingerprint density at radius 2 is 2.17 bits per heavy atom. The first-order valence-corrected chi connectivity index (χ1v) is 12.2. The molecule has 1 aromatic carbocycles. The molecule has 5 aromatic rings. The molecule has 0 saturated heterocycles. The number of aryl methyl sites for hydroxylation is 1. The van der Waals surface area contributed by atoms with Gasteiger partial charge >= 0.3 is 0 Å². The molecule has 3 N–H and O–H groups in total. The molecule has 4 heterocycles. The van der Waals surface area contributed by atoms with Crippen LogP contribution in [0.2, 0.25) is 0 Å². The number of hydrogen-bond donors (Lipinski definition) is 3. The van der Waals surface area contributed by atoms with Crippen LogP contribution < -0.4 is 5.32 Å². The summed E-state index contributed by atoms with van der Waals surface area (Å²) in [5.74, 6) is -0.153. The van der Waals surface area contributed by atoms with Crippen LogP contribution >= 0.6 is 0 Å². The number of benzene rings is 1. The van der Waals surface area contributed by atoms with Crippen molar-refractivity contribution in [1.82, 2.24) is 35.3 Å². The molecule has 0 radical (unpaired) electrons. The van der Waals surface area contributed by atoms with Gasteiger partial charge in [0.2, 0.25) is 0 Å². The third-order valence-electron chi connectivity index (χ3n) is 6.96. The van der Waals surface area contributed by atoms with E-state index >= 15 is 0 Å². The van der Waals surface area contributed by atoms with Gasteiger partial charge in [0.1, 0.15) is 11.2 Å². The average molecular weight is 482 g/mol. The van der Waals surface area contributed by atoms with Crippen molar-refractivity contribution in [2.75, 3.05) is 0 Å². The van der Waals surface area contributed by atoms with Gasteiger partial charge in [-0.25, -0.2) is 0 Å². The minimum absolute atomic E-state index is 0.120. The Balaban J connectivity index is 1.18. The van der Waals surface area contributed by atoms with Crippen molar-refractivity contribution in [2.45, 2.75) is 50.8 Å². The van der Waals surface area contributed by atoms with E-state index in [1.165, 1.54) is 0 Å². The van der Waals surface area contributed by atoms with Crippen LogP contribution in [0.4, 0.5) is 0 Å². The lowest BCUT2D eigenvalue weighted by Gasteiger charge is -2.37. The largest absolute Gasteiger partial charge is 0.388 e. The maximum absolute atomic E-state index is 13.2. The monoisotopic (exact) mass is 481 g/mol. The van der Waals surface area contributed by atoms with E-state index in [-0.39, 0.29) is 11.9 Å². The summed E-state index contributed by atoms with van der Waals surface area (Å²) >= 11 is 0. The summed E-state index contributed by atoms with van der Waals surface area (Å²) in [5.41, 5.74) is 3.94. The summed E-state index contributed by atoms with van der Waals surface area (Å²) in [6.07, 6.45) is 9.94. The second kappa shape index (κ2) is 8.83. The summed E-state index contributed by atoms with van der Waals surface area (Å²) in [6.45, 7) is 2.32. The zero-order valence-corrected chi connectivity index (χ0v) is 20.0. The van der Waals surface area contributed by atoms with Crippen LogP contribution in [0.1, 0.15) is 41.7 Å². The van der Waals surface area contributed by atoms with E-state index < -0.39 is 5.60 Å².